The molecule has 0 spiro atoms. The van der Waals surface area contributed by atoms with Crippen LogP contribution < -0.4 is 5.73 Å². The number of hydrogen-bond donors (Lipinski definition) is 1. The first kappa shape index (κ1) is 11.3. The molecule has 8 heteroatoms. The molecule has 0 radical (unpaired) electrons. The molecule has 2 N–H and O–H groups in total. The van der Waals surface area contributed by atoms with Gasteiger partial charge in [0.05, 0.1) is 5.69 Å². The average molecular weight is 256 g/mol. The summed E-state index contributed by atoms with van der Waals surface area (Å²) in [5, 5.41) is 8.39. The molecule has 0 unspecified atom stereocenters. The van der Waals surface area contributed by atoms with Gasteiger partial charge in [0, 0.05) is 18.1 Å². The van der Waals surface area contributed by atoms with Crippen molar-refractivity contribution in [1.82, 2.24) is 34.5 Å². The number of aromatic nitrogens is 7. The number of rotatable bonds is 2. The van der Waals surface area contributed by atoms with Gasteiger partial charge in [-0.15, -0.1) is 0 Å². The van der Waals surface area contributed by atoms with E-state index >= 15 is 0 Å². The van der Waals surface area contributed by atoms with Crippen molar-refractivity contribution in [3.8, 4) is 11.9 Å². The third-order valence-electron chi connectivity index (χ3n) is 2.54. The van der Waals surface area contributed by atoms with E-state index in [2.05, 4.69) is 25.1 Å². The Labute approximate surface area is 108 Å². The minimum atomic E-state index is 0.128. The first-order valence-corrected chi connectivity index (χ1v) is 5.69. The lowest BCUT2D eigenvalue weighted by molar-refractivity contribution is 0.732. The lowest BCUT2D eigenvalue weighted by Crippen LogP contribution is -2.13. The molecule has 0 aliphatic rings. The van der Waals surface area contributed by atoms with Gasteiger partial charge in [-0.3, -0.25) is 0 Å². The van der Waals surface area contributed by atoms with Crippen molar-refractivity contribution in [2.24, 2.45) is 0 Å². The lowest BCUT2D eigenvalue weighted by atomic mass is 10.4. The van der Waals surface area contributed by atoms with Crippen LogP contribution in [0.2, 0.25) is 0 Å². The van der Waals surface area contributed by atoms with Crippen LogP contribution >= 0.6 is 0 Å². The van der Waals surface area contributed by atoms with Crippen molar-refractivity contribution in [3.05, 3.63) is 35.9 Å². The van der Waals surface area contributed by atoms with Crippen LogP contribution in [-0.4, -0.2) is 34.5 Å². The predicted molar refractivity (Wildman–Crippen MR) is 68.0 cm³/mol. The molecule has 3 heterocycles. The maximum atomic E-state index is 5.72. The van der Waals surface area contributed by atoms with Crippen molar-refractivity contribution < 1.29 is 0 Å². The summed E-state index contributed by atoms with van der Waals surface area (Å²) >= 11 is 0. The minimum Gasteiger partial charge on any atom is -0.368 e. The molecule has 3 aromatic heterocycles. The van der Waals surface area contributed by atoms with Gasteiger partial charge in [0.1, 0.15) is 0 Å². The Morgan fingerprint density at radius 2 is 1.89 bits per heavy atom. The number of nitrogens with two attached hydrogens (primary N) is 1. The Morgan fingerprint density at radius 3 is 2.53 bits per heavy atom. The summed E-state index contributed by atoms with van der Waals surface area (Å²) in [6.45, 7) is 3.83. The lowest BCUT2D eigenvalue weighted by Gasteiger charge is -2.05. The van der Waals surface area contributed by atoms with Crippen LogP contribution in [0, 0.1) is 13.8 Å². The molecule has 3 rings (SSSR count). The third-order valence-corrected chi connectivity index (χ3v) is 2.54. The number of nitrogens with zero attached hydrogens (tertiary/aromatic N) is 7. The zero-order valence-corrected chi connectivity index (χ0v) is 10.5. The fourth-order valence-electron chi connectivity index (χ4n) is 1.79. The Balaban J connectivity index is 2.15. The van der Waals surface area contributed by atoms with Gasteiger partial charge in [0.2, 0.25) is 5.95 Å². The number of nitrogen functional groups attached to an aromatic ring is 1. The highest BCUT2D eigenvalue weighted by Gasteiger charge is 2.11. The fraction of sp³-hybridized carbons (Fsp3) is 0.182. The largest absolute Gasteiger partial charge is 0.368 e. The van der Waals surface area contributed by atoms with Crippen molar-refractivity contribution in [3.63, 3.8) is 0 Å². The summed E-state index contributed by atoms with van der Waals surface area (Å²) in [5.41, 5.74) is 7.53. The number of anilines is 1. The van der Waals surface area contributed by atoms with Gasteiger partial charge < -0.3 is 5.73 Å². The van der Waals surface area contributed by atoms with Crippen LogP contribution in [0.5, 0.6) is 0 Å². The van der Waals surface area contributed by atoms with E-state index in [1.165, 1.54) is 4.68 Å². The molecular weight excluding hydrogens is 244 g/mol. The third kappa shape index (κ3) is 2.03. The number of hydrogen-bond acceptors (Lipinski definition) is 6. The molecule has 0 aliphatic carbocycles. The van der Waals surface area contributed by atoms with E-state index in [0.29, 0.717) is 11.9 Å². The normalized spacial score (nSPS) is 10.8. The van der Waals surface area contributed by atoms with Gasteiger partial charge in [0.15, 0.2) is 0 Å². The quantitative estimate of drug-likeness (QED) is 0.714. The van der Waals surface area contributed by atoms with E-state index in [1.807, 2.05) is 19.9 Å². The van der Waals surface area contributed by atoms with E-state index in [-0.39, 0.29) is 5.95 Å². The van der Waals surface area contributed by atoms with Crippen LogP contribution in [0.1, 0.15) is 11.4 Å². The summed E-state index contributed by atoms with van der Waals surface area (Å²) in [4.78, 5) is 12.5. The second-order valence-corrected chi connectivity index (χ2v) is 4.08. The van der Waals surface area contributed by atoms with Crippen molar-refractivity contribution >= 4 is 5.95 Å². The molecule has 0 atom stereocenters. The van der Waals surface area contributed by atoms with Gasteiger partial charge >= 0.3 is 0 Å². The fourth-order valence-corrected chi connectivity index (χ4v) is 1.79. The van der Waals surface area contributed by atoms with Gasteiger partial charge in [-0.2, -0.15) is 25.1 Å². The summed E-state index contributed by atoms with van der Waals surface area (Å²) in [5.74, 6) is 0.867. The van der Waals surface area contributed by atoms with Crippen molar-refractivity contribution in [2.75, 3.05) is 5.73 Å². The van der Waals surface area contributed by atoms with Crippen LogP contribution in [0.15, 0.2) is 24.5 Å². The second-order valence-electron chi connectivity index (χ2n) is 4.08. The maximum absolute atomic E-state index is 5.72. The van der Waals surface area contributed by atoms with E-state index in [0.717, 1.165) is 11.4 Å². The van der Waals surface area contributed by atoms with Crippen LogP contribution in [0.25, 0.3) is 11.9 Å². The molecule has 0 aromatic carbocycles. The maximum Gasteiger partial charge on any atom is 0.257 e. The topological polar surface area (TPSA) is 100 Å². The van der Waals surface area contributed by atoms with E-state index in [9.17, 15) is 0 Å². The van der Waals surface area contributed by atoms with Crippen molar-refractivity contribution in [2.45, 2.75) is 13.8 Å². The SMILES string of the molecule is Cc1cc(C)n(-c2nc(N)nc(-n3cccn3)n2)n1. The molecule has 0 bridgehead atoms. The molecule has 0 fully saturated rings. The zero-order chi connectivity index (χ0) is 13.4. The van der Waals surface area contributed by atoms with Crippen LogP contribution in [0.3, 0.4) is 0 Å². The van der Waals surface area contributed by atoms with Gasteiger partial charge in [-0.1, -0.05) is 0 Å². The summed E-state index contributed by atoms with van der Waals surface area (Å²) < 4.78 is 3.15. The molecule has 0 saturated heterocycles. The standard InChI is InChI=1S/C11H12N8/c1-7-6-8(2)19(17-7)11-15-9(12)14-10(16-11)18-5-3-4-13-18/h3-6H,1-2H3,(H2,12,14,15,16). The first-order valence-electron chi connectivity index (χ1n) is 5.69. The minimum absolute atomic E-state index is 0.128. The molecule has 0 saturated carbocycles. The zero-order valence-electron chi connectivity index (χ0n) is 10.5. The van der Waals surface area contributed by atoms with Gasteiger partial charge in [-0.25, -0.2) is 9.36 Å². The number of aryl methyl sites for hydroxylation is 2. The highest BCUT2D eigenvalue weighted by atomic mass is 15.4. The molecule has 96 valence electrons. The molecular formula is C11H12N8. The first-order chi connectivity index (χ1) is 9.13. The Morgan fingerprint density at radius 1 is 1.11 bits per heavy atom. The molecule has 0 amide bonds. The summed E-state index contributed by atoms with van der Waals surface area (Å²) in [6, 6.07) is 3.72. The molecule has 8 nitrogen and oxygen atoms in total. The van der Waals surface area contributed by atoms with Crippen LogP contribution in [0.4, 0.5) is 5.95 Å². The summed E-state index contributed by atoms with van der Waals surface area (Å²) in [6.07, 6.45) is 3.38. The molecule has 3 aromatic rings. The molecule has 19 heavy (non-hydrogen) atoms. The van der Waals surface area contributed by atoms with E-state index in [1.54, 1.807) is 23.1 Å². The second kappa shape index (κ2) is 4.16. The Kier molecular flexibility index (Phi) is 2.48. The highest BCUT2D eigenvalue weighted by Crippen LogP contribution is 2.10. The van der Waals surface area contributed by atoms with Gasteiger partial charge in [-0.05, 0) is 26.0 Å². The highest BCUT2D eigenvalue weighted by molar-refractivity contribution is 5.29. The average Bonchev–Trinajstić information content (AvgIpc) is 2.98. The summed E-state index contributed by atoms with van der Waals surface area (Å²) in [7, 11) is 0. The Bertz CT molecular complexity index is 712. The van der Waals surface area contributed by atoms with E-state index in [4.69, 9.17) is 5.73 Å². The molecule has 0 aliphatic heterocycles. The predicted octanol–water partition coefficient (Wildman–Crippen LogP) is 0.442. The van der Waals surface area contributed by atoms with Crippen LogP contribution in [-0.2, 0) is 0 Å². The van der Waals surface area contributed by atoms with Crippen molar-refractivity contribution in [1.29, 1.82) is 0 Å². The Hall–Kier alpha value is -2.77. The van der Waals surface area contributed by atoms with E-state index < -0.39 is 0 Å². The monoisotopic (exact) mass is 256 g/mol. The van der Waals surface area contributed by atoms with Gasteiger partial charge in [0.25, 0.3) is 11.9 Å². The smallest absolute Gasteiger partial charge is 0.257 e.